The van der Waals surface area contributed by atoms with Gasteiger partial charge in [0, 0.05) is 6.08 Å². The fourth-order valence-electron chi connectivity index (χ4n) is 2.10. The summed E-state index contributed by atoms with van der Waals surface area (Å²) in [7, 11) is 0. The number of hydrogen-bond donors (Lipinski definition) is 3. The van der Waals surface area contributed by atoms with Gasteiger partial charge in [-0.2, -0.15) is 0 Å². The molecule has 0 fully saturated rings. The predicted octanol–water partition coefficient (Wildman–Crippen LogP) is 2.85. The molecule has 0 heterocycles. The van der Waals surface area contributed by atoms with E-state index in [0.717, 1.165) is 16.7 Å². The topological polar surface area (TPSA) is 84.2 Å². The van der Waals surface area contributed by atoms with E-state index < -0.39 is 0 Å². The molecule has 0 saturated heterocycles. The maximum Gasteiger partial charge on any atom is 0.248 e. The van der Waals surface area contributed by atoms with Crippen LogP contribution in [0.3, 0.4) is 0 Å². The molecule has 0 spiro atoms. The lowest BCUT2D eigenvalue weighted by Gasteiger charge is -2.12. The van der Waals surface area contributed by atoms with Gasteiger partial charge in [-0.05, 0) is 43.2 Å². The average Bonchev–Trinajstić information content (AvgIpc) is 2.56. The largest absolute Gasteiger partial charge is 0.323 e. The van der Waals surface area contributed by atoms with Gasteiger partial charge in [0.15, 0.2) is 0 Å². The highest BCUT2D eigenvalue weighted by Gasteiger charge is 2.08. The van der Waals surface area contributed by atoms with Gasteiger partial charge in [-0.1, -0.05) is 35.9 Å². The molecule has 0 bridgehead atoms. The van der Waals surface area contributed by atoms with Crippen LogP contribution in [0, 0.1) is 13.8 Å². The molecule has 0 radical (unpaired) electrons. The molecule has 0 aliphatic carbocycles. The Labute approximate surface area is 141 Å². The van der Waals surface area contributed by atoms with Gasteiger partial charge in [0.2, 0.25) is 11.8 Å². The molecule has 4 N–H and O–H groups in total. The molecule has 5 heteroatoms. The minimum atomic E-state index is -0.314. The number of nitrogens with two attached hydrogens (primary N) is 1. The molecule has 24 heavy (non-hydrogen) atoms. The van der Waals surface area contributed by atoms with Crippen molar-refractivity contribution in [1.29, 1.82) is 0 Å². The minimum Gasteiger partial charge on any atom is -0.323 e. The molecule has 0 aliphatic rings. The number of rotatable bonds is 5. The summed E-state index contributed by atoms with van der Waals surface area (Å²) >= 11 is 0. The zero-order valence-corrected chi connectivity index (χ0v) is 13.8. The summed E-state index contributed by atoms with van der Waals surface area (Å²) < 4.78 is 0. The summed E-state index contributed by atoms with van der Waals surface area (Å²) in [5.74, 6) is -0.589. The van der Waals surface area contributed by atoms with E-state index in [1.54, 1.807) is 18.2 Å². The number of hydrogen-bond acceptors (Lipinski definition) is 3. The Balaban J connectivity index is 2.10. The highest BCUT2D eigenvalue weighted by Crippen LogP contribution is 2.23. The highest BCUT2D eigenvalue weighted by atomic mass is 16.2. The van der Waals surface area contributed by atoms with Crippen molar-refractivity contribution in [3.05, 3.63) is 65.2 Å². The van der Waals surface area contributed by atoms with Gasteiger partial charge < -0.3 is 16.4 Å². The van der Waals surface area contributed by atoms with Crippen LogP contribution < -0.4 is 16.4 Å². The zero-order valence-electron chi connectivity index (χ0n) is 13.8. The minimum absolute atomic E-state index is 0.116. The summed E-state index contributed by atoms with van der Waals surface area (Å²) in [5.41, 5.74) is 9.45. The lowest BCUT2D eigenvalue weighted by atomic mass is 10.1. The van der Waals surface area contributed by atoms with Crippen molar-refractivity contribution in [2.45, 2.75) is 13.8 Å². The second kappa shape index (κ2) is 8.08. The Morgan fingerprint density at radius 1 is 0.958 bits per heavy atom. The van der Waals surface area contributed by atoms with Crippen molar-refractivity contribution >= 4 is 29.3 Å². The molecule has 5 nitrogen and oxygen atoms in total. The second-order valence-electron chi connectivity index (χ2n) is 5.53. The Hall–Kier alpha value is -2.92. The number of amides is 2. The van der Waals surface area contributed by atoms with Gasteiger partial charge in [-0.15, -0.1) is 0 Å². The van der Waals surface area contributed by atoms with Crippen molar-refractivity contribution < 1.29 is 9.59 Å². The molecule has 0 unspecified atom stereocenters. The predicted molar refractivity (Wildman–Crippen MR) is 97.7 cm³/mol. The van der Waals surface area contributed by atoms with Crippen molar-refractivity contribution in [2.75, 3.05) is 17.2 Å². The molecule has 0 atom stereocenters. The molecule has 0 aliphatic heterocycles. The number of aryl methyl sites for hydroxylation is 2. The summed E-state index contributed by atoms with van der Waals surface area (Å²) in [4.78, 5) is 23.6. The first-order valence-electron chi connectivity index (χ1n) is 7.64. The van der Waals surface area contributed by atoms with Gasteiger partial charge in [-0.3, -0.25) is 9.59 Å². The molecular formula is C19H21N3O2. The normalized spacial score (nSPS) is 10.6. The lowest BCUT2D eigenvalue weighted by molar-refractivity contribution is -0.115. The number of anilines is 2. The van der Waals surface area contributed by atoms with E-state index in [0.29, 0.717) is 11.4 Å². The van der Waals surface area contributed by atoms with Crippen LogP contribution in [0.5, 0.6) is 0 Å². The SMILES string of the molecule is Cc1ccc(/C=C/C(=O)Nc2ccc(C)cc2NC(=O)CN)cc1. The van der Waals surface area contributed by atoms with Crippen LogP contribution in [0.25, 0.3) is 6.08 Å². The van der Waals surface area contributed by atoms with Crippen molar-refractivity contribution in [3.8, 4) is 0 Å². The van der Waals surface area contributed by atoms with E-state index in [9.17, 15) is 9.59 Å². The average molecular weight is 323 g/mol. The summed E-state index contributed by atoms with van der Waals surface area (Å²) in [6.45, 7) is 3.80. The lowest BCUT2D eigenvalue weighted by Crippen LogP contribution is -2.23. The summed E-state index contributed by atoms with van der Waals surface area (Å²) in [6, 6.07) is 13.2. The highest BCUT2D eigenvalue weighted by molar-refractivity contribution is 6.05. The summed E-state index contributed by atoms with van der Waals surface area (Å²) in [5, 5.41) is 5.45. The Morgan fingerprint density at radius 2 is 1.62 bits per heavy atom. The summed E-state index contributed by atoms with van der Waals surface area (Å²) in [6.07, 6.45) is 3.19. The van der Waals surface area contributed by atoms with E-state index >= 15 is 0 Å². The number of nitrogens with one attached hydrogen (secondary N) is 2. The fraction of sp³-hybridized carbons (Fsp3) is 0.158. The standard InChI is InChI=1S/C19H21N3O2/c1-13-3-6-15(7-4-13)8-10-18(23)21-16-9-5-14(2)11-17(16)22-19(24)12-20/h3-11H,12,20H2,1-2H3,(H,21,23)(H,22,24)/b10-8+. The van der Waals surface area contributed by atoms with E-state index in [-0.39, 0.29) is 18.4 Å². The number of benzene rings is 2. The van der Waals surface area contributed by atoms with Crippen LogP contribution in [0.1, 0.15) is 16.7 Å². The number of carbonyl (C=O) groups excluding carboxylic acids is 2. The Kier molecular flexibility index (Phi) is 5.87. The molecule has 0 aromatic heterocycles. The first-order valence-corrected chi connectivity index (χ1v) is 7.64. The van der Waals surface area contributed by atoms with Crippen LogP contribution in [0.2, 0.25) is 0 Å². The Morgan fingerprint density at radius 3 is 2.29 bits per heavy atom. The van der Waals surface area contributed by atoms with E-state index in [4.69, 9.17) is 5.73 Å². The monoisotopic (exact) mass is 323 g/mol. The molecule has 2 rings (SSSR count). The molecule has 2 aromatic rings. The van der Waals surface area contributed by atoms with Gasteiger partial charge in [0.1, 0.15) is 0 Å². The second-order valence-corrected chi connectivity index (χ2v) is 5.53. The van der Waals surface area contributed by atoms with Crippen molar-refractivity contribution in [3.63, 3.8) is 0 Å². The van der Waals surface area contributed by atoms with Gasteiger partial charge >= 0.3 is 0 Å². The Bertz CT molecular complexity index is 765. The van der Waals surface area contributed by atoms with Crippen LogP contribution in [0.4, 0.5) is 11.4 Å². The fourth-order valence-corrected chi connectivity index (χ4v) is 2.10. The third kappa shape index (κ3) is 5.07. The van der Waals surface area contributed by atoms with Crippen LogP contribution in [-0.4, -0.2) is 18.4 Å². The molecule has 2 aromatic carbocycles. The third-order valence-electron chi connectivity index (χ3n) is 3.40. The quantitative estimate of drug-likeness (QED) is 0.740. The van der Waals surface area contributed by atoms with Crippen molar-refractivity contribution in [2.24, 2.45) is 5.73 Å². The van der Waals surface area contributed by atoms with Gasteiger partial charge in [-0.25, -0.2) is 0 Å². The number of carbonyl (C=O) groups is 2. The van der Waals surface area contributed by atoms with E-state index in [1.807, 2.05) is 44.2 Å². The molecular weight excluding hydrogens is 302 g/mol. The third-order valence-corrected chi connectivity index (χ3v) is 3.40. The van der Waals surface area contributed by atoms with Crippen LogP contribution in [0.15, 0.2) is 48.5 Å². The first kappa shape index (κ1) is 17.4. The molecule has 124 valence electrons. The maximum atomic E-state index is 12.1. The van der Waals surface area contributed by atoms with E-state index in [2.05, 4.69) is 10.6 Å². The van der Waals surface area contributed by atoms with Crippen LogP contribution >= 0.6 is 0 Å². The van der Waals surface area contributed by atoms with Crippen LogP contribution in [-0.2, 0) is 9.59 Å². The van der Waals surface area contributed by atoms with Gasteiger partial charge in [0.25, 0.3) is 0 Å². The smallest absolute Gasteiger partial charge is 0.248 e. The van der Waals surface area contributed by atoms with Gasteiger partial charge in [0.05, 0.1) is 17.9 Å². The maximum absolute atomic E-state index is 12.1. The molecule has 0 saturated carbocycles. The van der Waals surface area contributed by atoms with E-state index in [1.165, 1.54) is 6.08 Å². The molecule has 2 amide bonds. The zero-order chi connectivity index (χ0) is 17.5. The first-order chi connectivity index (χ1) is 11.5. The van der Waals surface area contributed by atoms with Crippen molar-refractivity contribution in [1.82, 2.24) is 0 Å².